The van der Waals surface area contributed by atoms with Crippen LogP contribution in [0.25, 0.3) is 0 Å². The number of ether oxygens (including phenoxy) is 5. The van der Waals surface area contributed by atoms with Crippen molar-refractivity contribution in [2.45, 2.75) is 160 Å². The number of nitrogens with zero attached hydrogens (tertiary/aromatic N) is 1. The van der Waals surface area contributed by atoms with E-state index in [2.05, 4.69) is 6.58 Å². The minimum Gasteiger partial charge on any atom is -0.456 e. The third-order valence-electron chi connectivity index (χ3n) is 12.9. The van der Waals surface area contributed by atoms with E-state index in [0.717, 1.165) is 5.57 Å². The molecule has 4 rings (SSSR count). The number of rotatable bonds is 7. The topological polar surface area (TPSA) is 178 Å². The Balaban J connectivity index is 1.78. The molecule has 0 aromatic rings. The third kappa shape index (κ3) is 11.3. The molecule has 3 heterocycles. The fourth-order valence-corrected chi connectivity index (χ4v) is 9.42. The minimum atomic E-state index is -2.51. The van der Waals surface area contributed by atoms with Gasteiger partial charge in [-0.15, -0.1) is 6.58 Å². The van der Waals surface area contributed by atoms with Crippen LogP contribution in [-0.4, -0.2) is 126 Å². The molecule has 57 heavy (non-hydrogen) atoms. The van der Waals surface area contributed by atoms with E-state index in [0.29, 0.717) is 56.9 Å². The van der Waals surface area contributed by atoms with E-state index < -0.39 is 83.9 Å². The zero-order chi connectivity index (χ0) is 42.2. The summed E-state index contributed by atoms with van der Waals surface area (Å²) in [7, 11) is 4.61. The molecule has 13 nitrogen and oxygen atoms in total. The summed E-state index contributed by atoms with van der Waals surface area (Å²) < 4.78 is 29.7. The number of amides is 1. The maximum absolute atomic E-state index is 14.3. The molecule has 1 amide bonds. The number of Topliss-reactive ketones (excluding diaryl/α,β-unsaturated/α-hetero) is 2. The van der Waals surface area contributed by atoms with Crippen LogP contribution in [-0.2, 0) is 42.9 Å². The summed E-state index contributed by atoms with van der Waals surface area (Å²) in [6.45, 7) is 13.1. The number of aliphatic hydroxyl groups excluding tert-OH is 2. The number of cyclic esters (lactones) is 1. The van der Waals surface area contributed by atoms with Gasteiger partial charge in [0.2, 0.25) is 5.79 Å². The standard InChI is InChI=1S/C44H69NO12/c1-10-13-31-19-25(2)18-26(3)20-37(54-8)40-38(55-9)22-28(5)44(52,57-40)41(49)42(50)45-17-12-11-14-32(45)43(51)56-39(29(6)34(47)24-35(31)48)27(4)21-30-15-16-33(46)36(23-30)53-7/h10,19,21,26,28-34,36-40,46-47,52H,1,11-18,20,22-24H2,2-9H3/b25-19+,27-21+/t26-,28?,29+,30?,31+,32?,33+,34?,36?,37-,38?,39+,40+,44?/m0/s1. The lowest BCUT2D eigenvalue weighted by Gasteiger charge is -2.47. The van der Waals surface area contributed by atoms with Crippen molar-refractivity contribution < 1.29 is 58.2 Å². The van der Waals surface area contributed by atoms with E-state index in [4.69, 9.17) is 23.7 Å². The molecule has 3 fully saturated rings. The maximum atomic E-state index is 14.3. The van der Waals surface area contributed by atoms with Crippen LogP contribution in [0, 0.1) is 29.6 Å². The van der Waals surface area contributed by atoms with Gasteiger partial charge in [-0.05, 0) is 95.5 Å². The molecular weight excluding hydrogens is 734 g/mol. The van der Waals surface area contributed by atoms with Crippen LogP contribution in [0.2, 0.25) is 0 Å². The molecular formula is C44H69NO12. The van der Waals surface area contributed by atoms with E-state index >= 15 is 0 Å². The Morgan fingerprint density at radius 2 is 1.60 bits per heavy atom. The smallest absolute Gasteiger partial charge is 0.329 e. The zero-order valence-corrected chi connectivity index (χ0v) is 35.4. The summed E-state index contributed by atoms with van der Waals surface area (Å²) in [6, 6.07) is -1.14. The molecule has 14 atom stereocenters. The molecule has 2 saturated heterocycles. The SMILES string of the molecule is C=CC[C@@H]1/C=C(\C)C[C@H](C)C[C@H](OC)[C@H]2OC(O)(C(=O)C(=O)N3CCCCC3C(=O)O[C@H](/C(C)=C/C3CC[C@@H](O)C(OC)C3)[C@H](C)C(O)CC1=O)C(C)CC2OC. The van der Waals surface area contributed by atoms with Crippen LogP contribution < -0.4 is 0 Å². The highest BCUT2D eigenvalue weighted by molar-refractivity contribution is 6.39. The summed E-state index contributed by atoms with van der Waals surface area (Å²) in [5.74, 6) is -7.76. The van der Waals surface area contributed by atoms with Crippen LogP contribution in [0.4, 0.5) is 0 Å². The van der Waals surface area contributed by atoms with E-state index in [1.54, 1.807) is 27.0 Å². The van der Waals surface area contributed by atoms with Gasteiger partial charge in [0, 0.05) is 52.0 Å². The first-order chi connectivity index (χ1) is 27.0. The first-order valence-corrected chi connectivity index (χ1v) is 20.9. The Kier molecular flexibility index (Phi) is 17.2. The summed E-state index contributed by atoms with van der Waals surface area (Å²) in [5.41, 5.74) is 1.61. The van der Waals surface area contributed by atoms with Gasteiger partial charge in [-0.25, -0.2) is 4.79 Å². The van der Waals surface area contributed by atoms with Gasteiger partial charge in [-0.2, -0.15) is 0 Å². The molecule has 0 radical (unpaired) electrons. The predicted molar refractivity (Wildman–Crippen MR) is 213 cm³/mol. The average molecular weight is 804 g/mol. The molecule has 4 aliphatic rings. The monoisotopic (exact) mass is 803 g/mol. The molecule has 1 aliphatic carbocycles. The molecule has 7 unspecified atom stereocenters. The lowest BCUT2D eigenvalue weighted by molar-refractivity contribution is -0.302. The molecule has 322 valence electrons. The zero-order valence-electron chi connectivity index (χ0n) is 35.4. The van der Waals surface area contributed by atoms with Crippen LogP contribution in [0.3, 0.4) is 0 Å². The Morgan fingerprint density at radius 3 is 2.25 bits per heavy atom. The van der Waals surface area contributed by atoms with Gasteiger partial charge in [-0.1, -0.05) is 44.6 Å². The summed E-state index contributed by atoms with van der Waals surface area (Å²) >= 11 is 0. The number of aliphatic hydroxyl groups is 3. The molecule has 2 bridgehead atoms. The van der Waals surface area contributed by atoms with Crippen LogP contribution in [0.15, 0.2) is 36.0 Å². The number of piperidine rings is 1. The second kappa shape index (κ2) is 21.0. The lowest BCUT2D eigenvalue weighted by atomic mass is 9.81. The first-order valence-electron chi connectivity index (χ1n) is 20.9. The van der Waals surface area contributed by atoms with E-state index in [-0.39, 0.29) is 49.5 Å². The van der Waals surface area contributed by atoms with Crippen LogP contribution in [0.1, 0.15) is 105 Å². The number of esters is 1. The van der Waals surface area contributed by atoms with E-state index in [1.165, 1.54) is 19.1 Å². The molecule has 13 heteroatoms. The molecule has 0 spiro atoms. The molecule has 1 saturated carbocycles. The largest absolute Gasteiger partial charge is 0.456 e. The Labute approximate surface area is 339 Å². The number of carbonyl (C=O) groups excluding carboxylic acids is 4. The first kappa shape index (κ1) is 46.9. The van der Waals surface area contributed by atoms with Crippen LogP contribution >= 0.6 is 0 Å². The Hall–Kier alpha value is -2.78. The van der Waals surface area contributed by atoms with Crippen LogP contribution in [0.5, 0.6) is 0 Å². The number of fused-ring (bicyclic) bond motifs is 3. The van der Waals surface area contributed by atoms with Crippen molar-refractivity contribution in [3.8, 4) is 0 Å². The molecule has 3 aliphatic heterocycles. The van der Waals surface area contributed by atoms with Crippen molar-refractivity contribution in [1.82, 2.24) is 4.90 Å². The highest BCUT2D eigenvalue weighted by Gasteiger charge is 2.56. The Bertz CT molecular complexity index is 1480. The number of hydrogen-bond acceptors (Lipinski definition) is 12. The minimum absolute atomic E-state index is 0.00988. The van der Waals surface area contributed by atoms with Gasteiger partial charge in [0.05, 0.1) is 30.5 Å². The fraction of sp³-hybridized carbons (Fsp3) is 0.773. The molecule has 0 aromatic heterocycles. The quantitative estimate of drug-likeness (QED) is 0.185. The number of carbonyl (C=O) groups is 4. The number of allylic oxidation sites excluding steroid dienone is 4. The Morgan fingerprint density at radius 1 is 0.930 bits per heavy atom. The molecule has 0 aromatic carbocycles. The van der Waals surface area contributed by atoms with Crippen molar-refractivity contribution in [2.75, 3.05) is 27.9 Å². The van der Waals surface area contributed by atoms with Crippen molar-refractivity contribution in [2.24, 2.45) is 29.6 Å². The number of ketones is 2. The van der Waals surface area contributed by atoms with Crippen molar-refractivity contribution in [3.05, 3.63) is 36.0 Å². The van der Waals surface area contributed by atoms with Gasteiger partial charge in [0.25, 0.3) is 11.7 Å². The van der Waals surface area contributed by atoms with Crippen molar-refractivity contribution in [3.63, 3.8) is 0 Å². The fourth-order valence-electron chi connectivity index (χ4n) is 9.42. The van der Waals surface area contributed by atoms with E-state index in [9.17, 15) is 34.5 Å². The number of hydrogen-bond donors (Lipinski definition) is 3. The second-order valence-electron chi connectivity index (χ2n) is 17.3. The van der Waals surface area contributed by atoms with Gasteiger partial charge in [0.15, 0.2) is 0 Å². The summed E-state index contributed by atoms with van der Waals surface area (Å²) in [5, 5.41) is 34.1. The normalized spacial score (nSPS) is 41.0. The van der Waals surface area contributed by atoms with Gasteiger partial charge in [-0.3, -0.25) is 14.4 Å². The lowest BCUT2D eigenvalue weighted by Crippen LogP contribution is -2.64. The van der Waals surface area contributed by atoms with Gasteiger partial charge < -0.3 is 43.9 Å². The third-order valence-corrected chi connectivity index (χ3v) is 12.9. The van der Waals surface area contributed by atoms with Gasteiger partial charge >= 0.3 is 5.97 Å². The summed E-state index contributed by atoms with van der Waals surface area (Å²) in [6.07, 6.45) is 4.93. The maximum Gasteiger partial charge on any atom is 0.329 e. The average Bonchev–Trinajstić information content (AvgIpc) is 3.18. The van der Waals surface area contributed by atoms with Gasteiger partial charge in [0.1, 0.15) is 24.0 Å². The van der Waals surface area contributed by atoms with E-state index in [1.807, 2.05) is 32.9 Å². The second-order valence-corrected chi connectivity index (χ2v) is 17.3. The summed E-state index contributed by atoms with van der Waals surface area (Å²) in [4.78, 5) is 57.8. The predicted octanol–water partition coefficient (Wildman–Crippen LogP) is 4.64. The van der Waals surface area contributed by atoms with Crippen molar-refractivity contribution >= 4 is 23.4 Å². The highest BCUT2D eigenvalue weighted by Crippen LogP contribution is 2.39. The van der Waals surface area contributed by atoms with Crippen molar-refractivity contribution in [1.29, 1.82) is 0 Å². The highest BCUT2D eigenvalue weighted by atomic mass is 16.7. The molecule has 3 N–H and O–H groups in total. The number of methoxy groups -OCH3 is 3.